The molecule has 5 heteroatoms. The lowest BCUT2D eigenvalue weighted by Gasteiger charge is -2.44. The number of allylic oxidation sites excluding steroid dienone is 3. The molecule has 0 N–H and O–H groups in total. The second-order valence-corrected chi connectivity index (χ2v) is 5.25. The highest BCUT2D eigenvalue weighted by molar-refractivity contribution is 6.00. The summed E-state index contributed by atoms with van der Waals surface area (Å²) in [5, 5.41) is 0. The molecule has 5 nitrogen and oxygen atoms in total. The minimum atomic E-state index is -0.814. The SMILES string of the molecule is COC(=O)C1C(=O)CC[C@]2(COC(C)=O)C=CC=C[C@H]12. The highest BCUT2D eigenvalue weighted by Gasteiger charge is 2.51. The van der Waals surface area contributed by atoms with Gasteiger partial charge in [-0.2, -0.15) is 0 Å². The van der Waals surface area contributed by atoms with Gasteiger partial charge in [0.1, 0.15) is 18.3 Å². The van der Waals surface area contributed by atoms with E-state index < -0.39 is 17.3 Å². The van der Waals surface area contributed by atoms with Crippen molar-refractivity contribution < 1.29 is 23.9 Å². The maximum atomic E-state index is 12.1. The van der Waals surface area contributed by atoms with Gasteiger partial charge in [-0.3, -0.25) is 14.4 Å². The molecule has 0 aromatic rings. The molecule has 108 valence electrons. The highest BCUT2D eigenvalue weighted by Crippen LogP contribution is 2.47. The van der Waals surface area contributed by atoms with Crippen LogP contribution in [-0.2, 0) is 23.9 Å². The monoisotopic (exact) mass is 278 g/mol. The van der Waals surface area contributed by atoms with Crippen LogP contribution in [-0.4, -0.2) is 31.4 Å². The Morgan fingerprint density at radius 1 is 1.40 bits per heavy atom. The first-order valence-electron chi connectivity index (χ1n) is 6.60. The molecule has 0 spiro atoms. The van der Waals surface area contributed by atoms with Gasteiger partial charge in [-0.25, -0.2) is 0 Å². The van der Waals surface area contributed by atoms with Crippen LogP contribution in [0.25, 0.3) is 0 Å². The topological polar surface area (TPSA) is 69.7 Å². The molecule has 2 rings (SSSR count). The molecule has 0 heterocycles. The first kappa shape index (κ1) is 14.5. The van der Waals surface area contributed by atoms with Gasteiger partial charge >= 0.3 is 11.9 Å². The fourth-order valence-corrected chi connectivity index (χ4v) is 3.00. The van der Waals surface area contributed by atoms with E-state index in [-0.39, 0.29) is 30.7 Å². The van der Waals surface area contributed by atoms with Gasteiger partial charge in [-0.15, -0.1) is 0 Å². The molecule has 2 aliphatic rings. The Hall–Kier alpha value is -1.91. The number of carbonyl (C=O) groups excluding carboxylic acids is 3. The Morgan fingerprint density at radius 2 is 2.15 bits per heavy atom. The van der Waals surface area contributed by atoms with Crippen molar-refractivity contribution in [3.63, 3.8) is 0 Å². The molecule has 3 atom stereocenters. The van der Waals surface area contributed by atoms with E-state index in [9.17, 15) is 14.4 Å². The number of hydrogen-bond acceptors (Lipinski definition) is 5. The number of rotatable bonds is 3. The summed E-state index contributed by atoms with van der Waals surface area (Å²) in [6.45, 7) is 1.52. The van der Waals surface area contributed by atoms with Crippen LogP contribution < -0.4 is 0 Å². The van der Waals surface area contributed by atoms with Crippen LogP contribution in [0.5, 0.6) is 0 Å². The number of hydrogen-bond donors (Lipinski definition) is 0. The number of methoxy groups -OCH3 is 1. The highest BCUT2D eigenvalue weighted by atomic mass is 16.5. The second kappa shape index (κ2) is 5.61. The van der Waals surface area contributed by atoms with Gasteiger partial charge in [-0.05, 0) is 6.42 Å². The van der Waals surface area contributed by atoms with Crippen molar-refractivity contribution in [3.05, 3.63) is 24.3 Å². The predicted octanol–water partition coefficient (Wildman–Crippen LogP) is 1.43. The zero-order chi connectivity index (χ0) is 14.8. The van der Waals surface area contributed by atoms with Gasteiger partial charge in [0.15, 0.2) is 0 Å². The van der Waals surface area contributed by atoms with Crippen molar-refractivity contribution in [2.75, 3.05) is 13.7 Å². The normalized spacial score (nSPS) is 31.6. The maximum Gasteiger partial charge on any atom is 0.316 e. The molecular weight excluding hydrogens is 260 g/mol. The predicted molar refractivity (Wildman–Crippen MR) is 70.6 cm³/mol. The number of esters is 2. The van der Waals surface area contributed by atoms with E-state index in [0.717, 1.165) is 0 Å². The summed E-state index contributed by atoms with van der Waals surface area (Å²) < 4.78 is 9.91. The van der Waals surface area contributed by atoms with Crippen LogP contribution in [0.4, 0.5) is 0 Å². The third-order valence-electron chi connectivity index (χ3n) is 4.06. The second-order valence-electron chi connectivity index (χ2n) is 5.25. The third kappa shape index (κ3) is 2.53. The zero-order valence-electron chi connectivity index (χ0n) is 11.6. The van der Waals surface area contributed by atoms with Gasteiger partial charge in [-0.1, -0.05) is 24.3 Å². The van der Waals surface area contributed by atoms with E-state index in [4.69, 9.17) is 9.47 Å². The van der Waals surface area contributed by atoms with E-state index in [0.29, 0.717) is 6.42 Å². The number of ether oxygens (including phenoxy) is 2. The molecule has 0 aromatic carbocycles. The van der Waals surface area contributed by atoms with Crippen LogP contribution >= 0.6 is 0 Å². The standard InChI is InChI=1S/C15H18O5/c1-10(16)20-9-15-7-4-3-5-11(15)13(14(18)19-2)12(17)6-8-15/h3-5,7,11,13H,6,8-9H2,1-2H3/t11-,13?,15+/m1/s1. The molecule has 1 saturated carbocycles. The quantitative estimate of drug-likeness (QED) is 0.577. The molecule has 0 aliphatic heterocycles. The largest absolute Gasteiger partial charge is 0.468 e. The Morgan fingerprint density at radius 3 is 2.80 bits per heavy atom. The molecule has 0 amide bonds. The minimum absolute atomic E-state index is 0.111. The van der Waals surface area contributed by atoms with E-state index in [1.165, 1.54) is 14.0 Å². The zero-order valence-corrected chi connectivity index (χ0v) is 11.6. The Balaban J connectivity index is 2.31. The molecular formula is C15H18O5. The Bertz CT molecular complexity index is 482. The molecule has 0 aromatic heterocycles. The smallest absolute Gasteiger partial charge is 0.316 e. The number of ketones is 1. The van der Waals surface area contributed by atoms with Crippen LogP contribution in [0.15, 0.2) is 24.3 Å². The lowest BCUT2D eigenvalue weighted by atomic mass is 9.60. The van der Waals surface area contributed by atoms with E-state index in [1.54, 1.807) is 0 Å². The molecule has 0 saturated heterocycles. The van der Waals surface area contributed by atoms with Crippen molar-refractivity contribution in [1.82, 2.24) is 0 Å². The molecule has 20 heavy (non-hydrogen) atoms. The van der Waals surface area contributed by atoms with Gasteiger partial charge in [0.05, 0.1) is 7.11 Å². The first-order chi connectivity index (χ1) is 9.50. The van der Waals surface area contributed by atoms with Crippen molar-refractivity contribution in [2.24, 2.45) is 17.3 Å². The number of carbonyl (C=O) groups is 3. The van der Waals surface area contributed by atoms with Crippen LogP contribution in [0.1, 0.15) is 19.8 Å². The number of Topliss-reactive ketones (excluding diaryl/α,β-unsaturated/α-hetero) is 1. The van der Waals surface area contributed by atoms with Crippen molar-refractivity contribution in [3.8, 4) is 0 Å². The van der Waals surface area contributed by atoms with Gasteiger partial charge < -0.3 is 9.47 Å². The molecule has 1 unspecified atom stereocenters. The summed E-state index contributed by atoms with van der Waals surface area (Å²) in [6, 6.07) is 0. The fourth-order valence-electron chi connectivity index (χ4n) is 3.00. The van der Waals surface area contributed by atoms with Crippen LogP contribution in [0.2, 0.25) is 0 Å². The summed E-state index contributed by atoms with van der Waals surface area (Å²) in [5.41, 5.74) is -0.493. The average molecular weight is 278 g/mol. The number of fused-ring (bicyclic) bond motifs is 1. The van der Waals surface area contributed by atoms with Crippen molar-refractivity contribution >= 4 is 17.7 Å². The van der Waals surface area contributed by atoms with Crippen molar-refractivity contribution in [1.29, 1.82) is 0 Å². The van der Waals surface area contributed by atoms with Gasteiger partial charge in [0.25, 0.3) is 0 Å². The van der Waals surface area contributed by atoms with E-state index >= 15 is 0 Å². The summed E-state index contributed by atoms with van der Waals surface area (Å²) in [5.74, 6) is -2.13. The summed E-state index contributed by atoms with van der Waals surface area (Å²) in [6.07, 6.45) is 8.30. The summed E-state index contributed by atoms with van der Waals surface area (Å²) >= 11 is 0. The average Bonchev–Trinajstić information content (AvgIpc) is 2.44. The first-order valence-corrected chi connectivity index (χ1v) is 6.60. The lowest BCUT2D eigenvalue weighted by Crippen LogP contribution is -2.48. The minimum Gasteiger partial charge on any atom is -0.468 e. The van der Waals surface area contributed by atoms with Crippen LogP contribution in [0.3, 0.4) is 0 Å². The maximum absolute atomic E-state index is 12.1. The molecule has 2 aliphatic carbocycles. The third-order valence-corrected chi connectivity index (χ3v) is 4.06. The summed E-state index contributed by atoms with van der Waals surface area (Å²) in [4.78, 5) is 35.0. The summed E-state index contributed by atoms with van der Waals surface area (Å²) in [7, 11) is 1.28. The van der Waals surface area contributed by atoms with Crippen molar-refractivity contribution in [2.45, 2.75) is 19.8 Å². The van der Waals surface area contributed by atoms with Crippen LogP contribution in [0, 0.1) is 17.3 Å². The van der Waals surface area contributed by atoms with E-state index in [1.807, 2.05) is 24.3 Å². The van der Waals surface area contributed by atoms with E-state index in [2.05, 4.69) is 0 Å². The Labute approximate surface area is 117 Å². The lowest BCUT2D eigenvalue weighted by molar-refractivity contribution is -0.157. The molecule has 0 radical (unpaired) electrons. The molecule has 0 bridgehead atoms. The molecule has 1 fully saturated rings. The van der Waals surface area contributed by atoms with Gasteiger partial charge in [0.2, 0.25) is 0 Å². The fraction of sp³-hybridized carbons (Fsp3) is 0.533. The Kier molecular flexibility index (Phi) is 4.06. The van der Waals surface area contributed by atoms with Gasteiger partial charge in [0, 0.05) is 24.7 Å².